The van der Waals surface area contributed by atoms with Crippen LogP contribution in [0.15, 0.2) is 0 Å². The van der Waals surface area contributed by atoms with E-state index in [1.54, 1.807) is 0 Å². The van der Waals surface area contributed by atoms with Gasteiger partial charge in [0.1, 0.15) is 0 Å². The lowest BCUT2D eigenvalue weighted by molar-refractivity contribution is 0.405. The molecule has 0 aromatic rings. The first-order chi connectivity index (χ1) is 1.73. The molecule has 6 heteroatoms. The molecule has 0 aromatic carbocycles. The van der Waals surface area contributed by atoms with Crippen LogP contribution in [-0.4, -0.2) is 20.8 Å². The van der Waals surface area contributed by atoms with Crippen molar-refractivity contribution in [3.8, 4) is 0 Å². The lowest BCUT2D eigenvalue weighted by atomic mass is 15.8. The highest BCUT2D eigenvalue weighted by molar-refractivity contribution is 7.30. The Morgan fingerprint density at radius 2 is 1.33 bits per heavy atom. The average molecular weight is 148 g/mol. The van der Waals surface area contributed by atoms with E-state index in [2.05, 4.69) is 0 Å². The van der Waals surface area contributed by atoms with Gasteiger partial charge in [-0.3, -0.25) is 4.57 Å². The average Bonchev–Trinajstić information content (AvgIpc) is 0.811. The molecule has 0 aliphatic carbocycles. The van der Waals surface area contributed by atoms with Gasteiger partial charge in [0.25, 0.3) is 0 Å². The summed E-state index contributed by atoms with van der Waals surface area (Å²) in [6, 6.07) is 0. The Kier molecular flexibility index (Phi) is 24.4. The summed E-state index contributed by atoms with van der Waals surface area (Å²) in [5.41, 5.74) is 0. The molecule has 0 aliphatic heterocycles. The zero-order valence-corrected chi connectivity index (χ0v) is 4.92. The Morgan fingerprint density at radius 3 is 1.33 bits per heavy atom. The van der Waals surface area contributed by atoms with Crippen LogP contribution in [0.2, 0.25) is 0 Å². The second-order valence-electron chi connectivity index (χ2n) is 0.283. The normalized spacial score (nSPS) is 5.83. The van der Waals surface area contributed by atoms with Crippen molar-refractivity contribution in [1.29, 1.82) is 0 Å². The lowest BCUT2D eigenvalue weighted by Gasteiger charge is -1.61. The summed E-state index contributed by atoms with van der Waals surface area (Å²) in [5.74, 6) is 0. The highest BCUT2D eigenvalue weighted by Crippen LogP contribution is 1.98. The van der Waals surface area contributed by atoms with Gasteiger partial charge in [-0.05, 0) is 11.0 Å². The summed E-state index contributed by atoms with van der Waals surface area (Å²) in [6.07, 6.45) is 0. The van der Waals surface area contributed by atoms with Gasteiger partial charge >= 0.3 is 8.25 Å². The van der Waals surface area contributed by atoms with Crippen LogP contribution in [0.1, 0.15) is 0 Å². The molecular weight excluding hydrogens is 138 g/mol. The van der Waals surface area contributed by atoms with E-state index in [0.29, 0.717) is 0 Å². The van der Waals surface area contributed by atoms with Crippen LogP contribution in [0.5, 0.6) is 0 Å². The molecular formula is H10O3P2Si. The minimum atomic E-state index is -3.13. The summed E-state index contributed by atoms with van der Waals surface area (Å²) in [4.78, 5) is 14.3. The highest BCUT2D eigenvalue weighted by atomic mass is 31.1. The lowest BCUT2D eigenvalue weighted by Crippen LogP contribution is -1.38. The summed E-state index contributed by atoms with van der Waals surface area (Å²) in [7, 11) is -3.13. The fourth-order valence-electron chi connectivity index (χ4n) is 0. The van der Waals surface area contributed by atoms with Gasteiger partial charge < -0.3 is 9.79 Å². The van der Waals surface area contributed by atoms with Crippen LogP contribution in [-0.2, 0) is 4.57 Å². The SMILES string of the molecule is O=[PH](O)O.P.[SiH4]. The smallest absolute Gasteiger partial charge is 0.314 e. The van der Waals surface area contributed by atoms with Crippen LogP contribution in [0, 0.1) is 0 Å². The molecule has 1 unspecified atom stereocenters. The first-order valence-corrected chi connectivity index (χ1v) is 1.95. The second-order valence-corrected chi connectivity index (χ2v) is 0.848. The zero-order chi connectivity index (χ0) is 3.58. The molecule has 2 N–H and O–H groups in total. The van der Waals surface area contributed by atoms with Crippen molar-refractivity contribution in [2.45, 2.75) is 0 Å². The standard InChI is InChI=1S/H3O3P.H3P.H4Si/c1-4(2)3;;/h4H,(H2,1,2,3);1H3;1H4. The van der Waals surface area contributed by atoms with Gasteiger partial charge in [-0.2, -0.15) is 9.90 Å². The van der Waals surface area contributed by atoms with Crippen molar-refractivity contribution in [1.82, 2.24) is 0 Å². The fraction of sp³-hybridized carbons (Fsp3) is 0. The van der Waals surface area contributed by atoms with Crippen LogP contribution in [0.25, 0.3) is 0 Å². The third kappa shape index (κ3) is 109. The Hall–Kier alpha value is 0.797. The molecule has 6 heavy (non-hydrogen) atoms. The predicted molar refractivity (Wildman–Crippen MR) is 35.9 cm³/mol. The van der Waals surface area contributed by atoms with Crippen molar-refractivity contribution in [3.05, 3.63) is 0 Å². The molecule has 0 bridgehead atoms. The van der Waals surface area contributed by atoms with Crippen LogP contribution in [0.4, 0.5) is 0 Å². The molecule has 0 amide bonds. The molecule has 3 nitrogen and oxygen atoms in total. The quantitative estimate of drug-likeness (QED) is 0.307. The minimum absolute atomic E-state index is 0. The Balaban J connectivity index is -0.0000000450. The molecule has 0 heterocycles. The Labute approximate surface area is 44.4 Å². The molecule has 0 fully saturated rings. The number of hydrogen-bond acceptors (Lipinski definition) is 1. The molecule has 0 rings (SSSR count). The first-order valence-electron chi connectivity index (χ1n) is 0.651. The van der Waals surface area contributed by atoms with E-state index in [4.69, 9.17) is 14.4 Å². The maximum Gasteiger partial charge on any atom is 0.314 e. The third-order valence-corrected chi connectivity index (χ3v) is 0. The Bertz CT molecular complexity index is 31.8. The van der Waals surface area contributed by atoms with E-state index >= 15 is 0 Å². The van der Waals surface area contributed by atoms with Gasteiger partial charge in [0.05, 0.1) is 0 Å². The van der Waals surface area contributed by atoms with Crippen LogP contribution < -0.4 is 0 Å². The summed E-state index contributed by atoms with van der Waals surface area (Å²) in [5, 5.41) is 0. The van der Waals surface area contributed by atoms with Gasteiger partial charge in [-0.15, -0.1) is 0 Å². The maximum atomic E-state index is 8.74. The van der Waals surface area contributed by atoms with Gasteiger partial charge in [-0.1, -0.05) is 0 Å². The Morgan fingerprint density at radius 1 is 1.33 bits per heavy atom. The number of rotatable bonds is 0. The van der Waals surface area contributed by atoms with Crippen LogP contribution in [0.3, 0.4) is 0 Å². The molecule has 0 saturated heterocycles. The molecule has 1 atom stereocenters. The van der Waals surface area contributed by atoms with Crippen molar-refractivity contribution < 1.29 is 14.4 Å². The molecule has 42 valence electrons. The van der Waals surface area contributed by atoms with E-state index in [9.17, 15) is 0 Å². The van der Waals surface area contributed by atoms with E-state index in [1.807, 2.05) is 0 Å². The topological polar surface area (TPSA) is 57.5 Å². The van der Waals surface area contributed by atoms with Gasteiger partial charge in [0.15, 0.2) is 0 Å². The largest absolute Gasteiger partial charge is 0.326 e. The van der Waals surface area contributed by atoms with Crippen molar-refractivity contribution >= 4 is 29.1 Å². The fourth-order valence-corrected chi connectivity index (χ4v) is 0. The van der Waals surface area contributed by atoms with E-state index in [-0.39, 0.29) is 20.9 Å². The zero-order valence-electron chi connectivity index (χ0n) is 2.51. The second kappa shape index (κ2) is 9.25. The van der Waals surface area contributed by atoms with Gasteiger partial charge in [0.2, 0.25) is 0 Å². The van der Waals surface area contributed by atoms with Gasteiger partial charge in [-0.25, -0.2) is 0 Å². The van der Waals surface area contributed by atoms with E-state index in [1.165, 1.54) is 0 Å². The number of hydrogen-bond donors (Lipinski definition) is 2. The summed E-state index contributed by atoms with van der Waals surface area (Å²) >= 11 is 0. The molecule has 0 radical (unpaired) electrons. The van der Waals surface area contributed by atoms with E-state index < -0.39 is 8.25 Å². The predicted octanol–water partition coefficient (Wildman–Crippen LogP) is -2.03. The summed E-state index contributed by atoms with van der Waals surface area (Å²) < 4.78 is 8.74. The van der Waals surface area contributed by atoms with E-state index in [0.717, 1.165) is 0 Å². The molecule has 0 aliphatic rings. The maximum absolute atomic E-state index is 8.74. The summed E-state index contributed by atoms with van der Waals surface area (Å²) in [6.45, 7) is 0. The third-order valence-electron chi connectivity index (χ3n) is 0. The van der Waals surface area contributed by atoms with Crippen molar-refractivity contribution in [2.24, 2.45) is 0 Å². The molecule has 0 spiro atoms. The van der Waals surface area contributed by atoms with Crippen LogP contribution >= 0.6 is 18.2 Å². The van der Waals surface area contributed by atoms with Crippen molar-refractivity contribution in [3.63, 3.8) is 0 Å². The molecule has 0 saturated carbocycles. The molecule has 0 aromatic heterocycles. The monoisotopic (exact) mass is 148 g/mol. The minimum Gasteiger partial charge on any atom is -0.326 e. The van der Waals surface area contributed by atoms with Crippen molar-refractivity contribution in [2.75, 3.05) is 0 Å². The highest BCUT2D eigenvalue weighted by Gasteiger charge is 1.61. The van der Waals surface area contributed by atoms with Gasteiger partial charge in [0, 0.05) is 0 Å². The first kappa shape index (κ1) is 15.8.